The van der Waals surface area contributed by atoms with E-state index in [1.54, 1.807) is 43.3 Å². The summed E-state index contributed by atoms with van der Waals surface area (Å²) in [5.74, 6) is 0.0206. The van der Waals surface area contributed by atoms with Crippen LogP contribution in [0.5, 0.6) is 11.5 Å². The van der Waals surface area contributed by atoms with Gasteiger partial charge < -0.3 is 23.9 Å². The van der Waals surface area contributed by atoms with E-state index in [0.717, 1.165) is 0 Å². The summed E-state index contributed by atoms with van der Waals surface area (Å²) in [7, 11) is 1.54. The van der Waals surface area contributed by atoms with E-state index in [0.29, 0.717) is 35.2 Å². The largest absolute Gasteiger partial charge is 0.507 e. The van der Waals surface area contributed by atoms with Crippen LogP contribution in [0.1, 0.15) is 35.6 Å². The smallest absolute Gasteiger partial charge is 0.296 e. The van der Waals surface area contributed by atoms with Crippen LogP contribution in [0.3, 0.4) is 0 Å². The molecule has 176 valence electrons. The molecule has 34 heavy (non-hydrogen) atoms. The second kappa shape index (κ2) is 9.65. The van der Waals surface area contributed by atoms with Gasteiger partial charge in [-0.3, -0.25) is 9.59 Å². The Morgan fingerprint density at radius 1 is 1.15 bits per heavy atom. The third kappa shape index (κ3) is 4.26. The van der Waals surface area contributed by atoms with Gasteiger partial charge in [0.15, 0.2) is 0 Å². The fraction of sp³-hybridized carbons (Fsp3) is 0.231. The molecule has 1 atom stereocenters. The molecule has 2 aromatic carbocycles. The monoisotopic (exact) mass is 481 g/mol. The summed E-state index contributed by atoms with van der Waals surface area (Å²) in [4.78, 5) is 27.8. The number of ether oxygens (including phenoxy) is 2. The van der Waals surface area contributed by atoms with Crippen LogP contribution in [-0.2, 0) is 16.1 Å². The maximum atomic E-state index is 13.2. The number of amides is 1. The number of aliphatic hydroxyl groups excluding tert-OH is 1. The Labute approximate surface area is 202 Å². The first-order valence-corrected chi connectivity index (χ1v) is 11.1. The number of carbonyl (C=O) groups is 2. The van der Waals surface area contributed by atoms with Crippen LogP contribution >= 0.6 is 11.6 Å². The minimum absolute atomic E-state index is 0.0719. The van der Waals surface area contributed by atoms with E-state index in [9.17, 15) is 14.7 Å². The number of methoxy groups -OCH3 is 1. The Hall–Kier alpha value is -3.71. The van der Waals surface area contributed by atoms with Gasteiger partial charge in [0, 0.05) is 11.1 Å². The molecule has 0 saturated carbocycles. The van der Waals surface area contributed by atoms with Gasteiger partial charge in [-0.1, -0.05) is 29.8 Å². The molecule has 1 unspecified atom stereocenters. The molecule has 0 spiro atoms. The zero-order chi connectivity index (χ0) is 24.4. The predicted molar refractivity (Wildman–Crippen MR) is 127 cm³/mol. The molecule has 1 aliphatic rings. The van der Waals surface area contributed by atoms with Crippen molar-refractivity contribution < 1.29 is 28.6 Å². The van der Waals surface area contributed by atoms with Gasteiger partial charge in [0.1, 0.15) is 34.8 Å². The van der Waals surface area contributed by atoms with Crippen molar-refractivity contribution in [3.8, 4) is 11.5 Å². The van der Waals surface area contributed by atoms with Gasteiger partial charge in [-0.2, -0.15) is 0 Å². The first kappa shape index (κ1) is 23.4. The number of Topliss-reactive ketones (excluding diaryl/α,β-unsaturated/α-hetero) is 1. The predicted octanol–water partition coefficient (Wildman–Crippen LogP) is 5.27. The van der Waals surface area contributed by atoms with Crippen LogP contribution < -0.4 is 9.47 Å². The lowest BCUT2D eigenvalue weighted by atomic mass is 9.99. The van der Waals surface area contributed by atoms with Gasteiger partial charge >= 0.3 is 0 Å². The molecule has 1 aliphatic heterocycles. The summed E-state index contributed by atoms with van der Waals surface area (Å²) in [5.41, 5.74) is 0.789. The highest BCUT2D eigenvalue weighted by Crippen LogP contribution is 2.42. The quantitative estimate of drug-likeness (QED) is 0.281. The number of nitrogens with zero attached hydrogens (tertiary/aromatic N) is 1. The first-order chi connectivity index (χ1) is 16.3. The molecule has 1 fully saturated rings. The molecule has 4 rings (SSSR count). The van der Waals surface area contributed by atoms with E-state index in [1.165, 1.54) is 12.0 Å². The number of rotatable bonds is 7. The Morgan fingerprint density at radius 2 is 1.91 bits per heavy atom. The van der Waals surface area contributed by atoms with Crippen molar-refractivity contribution in [1.82, 2.24) is 4.90 Å². The van der Waals surface area contributed by atoms with Crippen molar-refractivity contribution in [3.05, 3.63) is 87.8 Å². The zero-order valence-electron chi connectivity index (χ0n) is 19.0. The fourth-order valence-corrected chi connectivity index (χ4v) is 4.25. The molecule has 3 aromatic rings. The fourth-order valence-electron chi connectivity index (χ4n) is 4.04. The van der Waals surface area contributed by atoms with Gasteiger partial charge in [-0.15, -0.1) is 0 Å². The van der Waals surface area contributed by atoms with Crippen LogP contribution in [0.15, 0.2) is 64.6 Å². The minimum Gasteiger partial charge on any atom is -0.507 e. The molecular weight excluding hydrogens is 458 g/mol. The van der Waals surface area contributed by atoms with E-state index >= 15 is 0 Å². The van der Waals surface area contributed by atoms with E-state index in [1.807, 2.05) is 25.1 Å². The number of hydrogen-bond acceptors (Lipinski definition) is 6. The minimum atomic E-state index is -0.953. The summed E-state index contributed by atoms with van der Waals surface area (Å²) in [6.07, 6.45) is 0. The molecular formula is C26H24ClNO6. The lowest BCUT2D eigenvalue weighted by molar-refractivity contribution is -0.140. The van der Waals surface area contributed by atoms with E-state index in [2.05, 4.69) is 0 Å². The number of para-hydroxylation sites is 1. The Morgan fingerprint density at radius 3 is 2.59 bits per heavy atom. The third-order valence-corrected chi connectivity index (χ3v) is 5.94. The molecule has 2 heterocycles. The number of aliphatic hydroxyl groups is 1. The van der Waals surface area contributed by atoms with E-state index in [4.69, 9.17) is 25.5 Å². The summed E-state index contributed by atoms with van der Waals surface area (Å²) in [5, 5.41) is 11.5. The van der Waals surface area contributed by atoms with Gasteiger partial charge in [0.25, 0.3) is 11.7 Å². The highest BCUT2D eigenvalue weighted by molar-refractivity contribution is 6.46. The SMILES string of the molecule is CCOc1ccc(Cl)c(/C(O)=C2\C(=O)C(=O)N(Cc3ccccc3OC)C2c2ccc(C)o2)c1. The van der Waals surface area contributed by atoms with E-state index < -0.39 is 23.5 Å². The van der Waals surface area contributed by atoms with Crippen molar-refractivity contribution in [2.45, 2.75) is 26.4 Å². The van der Waals surface area contributed by atoms with Crippen molar-refractivity contribution in [2.24, 2.45) is 0 Å². The number of halogens is 1. The standard InChI is InChI=1S/C26H24ClNO6/c1-4-33-17-10-11-19(27)18(13-17)24(29)22-23(21-12-9-15(2)34-21)28(26(31)25(22)30)14-16-7-5-6-8-20(16)32-3/h5-13,23,29H,4,14H2,1-3H3/b24-22+. The normalized spacial score (nSPS) is 17.3. The molecule has 0 aliphatic carbocycles. The number of ketones is 1. The second-order valence-electron chi connectivity index (χ2n) is 7.76. The Balaban J connectivity index is 1.87. The second-order valence-corrected chi connectivity index (χ2v) is 8.17. The molecule has 1 amide bonds. The molecule has 0 bridgehead atoms. The lowest BCUT2D eigenvalue weighted by Crippen LogP contribution is -2.29. The van der Waals surface area contributed by atoms with Gasteiger partial charge in [-0.25, -0.2) is 0 Å². The van der Waals surface area contributed by atoms with Gasteiger partial charge in [0.2, 0.25) is 0 Å². The highest BCUT2D eigenvalue weighted by atomic mass is 35.5. The summed E-state index contributed by atoms with van der Waals surface area (Å²) in [6.45, 7) is 4.08. The number of carbonyl (C=O) groups excluding carboxylic acids is 2. The summed E-state index contributed by atoms with van der Waals surface area (Å²) < 4.78 is 16.8. The first-order valence-electron chi connectivity index (χ1n) is 10.7. The van der Waals surface area contributed by atoms with Crippen LogP contribution in [-0.4, -0.2) is 35.4 Å². The topological polar surface area (TPSA) is 89.2 Å². The van der Waals surface area contributed by atoms with Crippen molar-refractivity contribution >= 4 is 29.1 Å². The zero-order valence-corrected chi connectivity index (χ0v) is 19.8. The summed E-state index contributed by atoms with van der Waals surface area (Å²) in [6, 6.07) is 14.5. The molecule has 1 aromatic heterocycles. The number of likely N-dealkylation sites (tertiary alicyclic amines) is 1. The van der Waals surface area contributed by atoms with Crippen LogP contribution in [0.4, 0.5) is 0 Å². The molecule has 1 N–H and O–H groups in total. The summed E-state index contributed by atoms with van der Waals surface area (Å²) >= 11 is 6.36. The van der Waals surface area contributed by atoms with Crippen molar-refractivity contribution in [1.29, 1.82) is 0 Å². The average molecular weight is 482 g/mol. The number of hydrogen-bond donors (Lipinski definition) is 1. The number of aryl methyl sites for hydroxylation is 1. The number of furan rings is 1. The highest BCUT2D eigenvalue weighted by Gasteiger charge is 2.48. The van der Waals surface area contributed by atoms with Crippen molar-refractivity contribution in [2.75, 3.05) is 13.7 Å². The number of benzene rings is 2. The van der Waals surface area contributed by atoms with Gasteiger partial charge in [0.05, 0.1) is 30.9 Å². The maximum Gasteiger partial charge on any atom is 0.296 e. The lowest BCUT2D eigenvalue weighted by Gasteiger charge is -2.24. The third-order valence-electron chi connectivity index (χ3n) is 5.61. The maximum absolute atomic E-state index is 13.2. The molecule has 0 radical (unpaired) electrons. The average Bonchev–Trinajstić information content (AvgIpc) is 3.36. The van der Waals surface area contributed by atoms with Crippen LogP contribution in [0.2, 0.25) is 5.02 Å². The van der Waals surface area contributed by atoms with E-state index in [-0.39, 0.29) is 22.7 Å². The van der Waals surface area contributed by atoms with Gasteiger partial charge in [-0.05, 0) is 50.2 Å². The Bertz CT molecular complexity index is 1280. The Kier molecular flexibility index (Phi) is 6.65. The van der Waals surface area contributed by atoms with Crippen molar-refractivity contribution in [3.63, 3.8) is 0 Å². The molecule has 8 heteroatoms. The van der Waals surface area contributed by atoms with Crippen LogP contribution in [0.25, 0.3) is 5.76 Å². The van der Waals surface area contributed by atoms with Crippen LogP contribution in [0, 0.1) is 6.92 Å². The molecule has 7 nitrogen and oxygen atoms in total. The molecule has 1 saturated heterocycles.